The molecule has 31 heavy (non-hydrogen) atoms. The van der Waals surface area contributed by atoms with Crippen LogP contribution in [0.1, 0.15) is 18.4 Å². The van der Waals surface area contributed by atoms with Crippen molar-refractivity contribution < 1.29 is 17.6 Å². The van der Waals surface area contributed by atoms with Gasteiger partial charge in [-0.2, -0.15) is 16.1 Å². The van der Waals surface area contributed by atoms with Gasteiger partial charge in [-0.1, -0.05) is 29.3 Å². The first-order chi connectivity index (χ1) is 14.8. The van der Waals surface area contributed by atoms with Crippen LogP contribution in [0.25, 0.3) is 0 Å². The standard InChI is InChI=1S/C21H23Cl2FN2O3S2/c22-19-2-1-3-20(23)18(19)14-30-13-10-25-21(27)15-8-11-26(12-9-15)31(28,29)17-6-4-16(24)5-7-17/h1-7,15H,8-14H2,(H,25,27). The van der Waals surface area contributed by atoms with E-state index in [1.807, 2.05) is 0 Å². The van der Waals surface area contributed by atoms with Gasteiger partial charge < -0.3 is 5.32 Å². The lowest BCUT2D eigenvalue weighted by Crippen LogP contribution is -2.43. The number of sulfonamides is 1. The molecule has 1 fully saturated rings. The SMILES string of the molecule is O=C(NCCSCc1c(Cl)cccc1Cl)C1CCN(S(=O)(=O)c2ccc(F)cc2)CC1. The maximum Gasteiger partial charge on any atom is 0.243 e. The van der Waals surface area contributed by atoms with Gasteiger partial charge in [-0.3, -0.25) is 4.79 Å². The molecule has 0 spiro atoms. The topological polar surface area (TPSA) is 66.5 Å². The molecule has 0 radical (unpaired) electrons. The fraction of sp³-hybridized carbons (Fsp3) is 0.381. The summed E-state index contributed by atoms with van der Waals surface area (Å²) in [5.74, 6) is 0.611. The molecule has 1 amide bonds. The van der Waals surface area contributed by atoms with Crippen LogP contribution in [0.4, 0.5) is 4.39 Å². The highest BCUT2D eigenvalue weighted by atomic mass is 35.5. The Balaban J connectivity index is 1.40. The van der Waals surface area contributed by atoms with E-state index in [2.05, 4.69) is 5.32 Å². The lowest BCUT2D eigenvalue weighted by Gasteiger charge is -2.30. The van der Waals surface area contributed by atoms with Gasteiger partial charge in [0.1, 0.15) is 5.82 Å². The molecule has 1 aliphatic heterocycles. The zero-order chi connectivity index (χ0) is 22.4. The summed E-state index contributed by atoms with van der Waals surface area (Å²) >= 11 is 13.9. The second kappa shape index (κ2) is 11.0. The first-order valence-corrected chi connectivity index (χ1v) is 13.2. The van der Waals surface area contributed by atoms with E-state index >= 15 is 0 Å². The Morgan fingerprint density at radius 1 is 1.10 bits per heavy atom. The Hall–Kier alpha value is -1.32. The highest BCUT2D eigenvalue weighted by molar-refractivity contribution is 7.98. The van der Waals surface area contributed by atoms with Crippen LogP contribution in [-0.4, -0.2) is 44.0 Å². The lowest BCUT2D eigenvalue weighted by molar-refractivity contribution is -0.125. The maximum atomic E-state index is 13.1. The van der Waals surface area contributed by atoms with Crippen LogP contribution in [0.3, 0.4) is 0 Å². The molecule has 0 saturated carbocycles. The fourth-order valence-electron chi connectivity index (χ4n) is 3.35. The number of rotatable bonds is 8. The summed E-state index contributed by atoms with van der Waals surface area (Å²) in [6.45, 7) is 1.04. The van der Waals surface area contributed by atoms with E-state index in [1.165, 1.54) is 16.4 Å². The van der Waals surface area contributed by atoms with Crippen molar-refractivity contribution in [1.29, 1.82) is 0 Å². The molecular weight excluding hydrogens is 482 g/mol. The summed E-state index contributed by atoms with van der Waals surface area (Å²) in [7, 11) is -3.68. The van der Waals surface area contributed by atoms with Crippen LogP contribution in [0.5, 0.6) is 0 Å². The summed E-state index contributed by atoms with van der Waals surface area (Å²) in [6, 6.07) is 10.2. The van der Waals surface area contributed by atoms with Gasteiger partial charge in [-0.05, 0) is 54.8 Å². The Morgan fingerprint density at radius 2 is 1.71 bits per heavy atom. The number of nitrogens with zero attached hydrogens (tertiary/aromatic N) is 1. The molecule has 0 aromatic heterocycles. The van der Waals surface area contributed by atoms with Gasteiger partial charge in [-0.15, -0.1) is 0 Å². The molecule has 2 aromatic rings. The fourth-order valence-corrected chi connectivity index (χ4v) is 6.41. The Labute approximate surface area is 196 Å². The molecule has 0 atom stereocenters. The zero-order valence-electron chi connectivity index (χ0n) is 16.7. The highest BCUT2D eigenvalue weighted by Crippen LogP contribution is 2.28. The van der Waals surface area contributed by atoms with Crippen molar-refractivity contribution in [2.75, 3.05) is 25.4 Å². The monoisotopic (exact) mass is 504 g/mol. The van der Waals surface area contributed by atoms with Crippen molar-refractivity contribution in [3.05, 3.63) is 63.9 Å². The minimum atomic E-state index is -3.68. The van der Waals surface area contributed by atoms with Crippen molar-refractivity contribution in [3.63, 3.8) is 0 Å². The second-order valence-corrected chi connectivity index (χ2v) is 11.0. The first-order valence-electron chi connectivity index (χ1n) is 9.83. The molecule has 3 rings (SSSR count). The normalized spacial score (nSPS) is 15.7. The maximum absolute atomic E-state index is 13.1. The van der Waals surface area contributed by atoms with Gasteiger partial charge in [0, 0.05) is 47.1 Å². The first kappa shape index (κ1) is 24.3. The predicted octanol–water partition coefficient (Wildman–Crippen LogP) is 4.58. The smallest absolute Gasteiger partial charge is 0.243 e. The van der Waals surface area contributed by atoms with Crippen LogP contribution >= 0.6 is 35.0 Å². The molecule has 2 aromatic carbocycles. The van der Waals surface area contributed by atoms with Crippen molar-refractivity contribution in [1.82, 2.24) is 9.62 Å². The van der Waals surface area contributed by atoms with Gasteiger partial charge in [0.2, 0.25) is 15.9 Å². The Kier molecular flexibility index (Phi) is 8.64. The highest BCUT2D eigenvalue weighted by Gasteiger charge is 2.31. The van der Waals surface area contributed by atoms with E-state index < -0.39 is 15.8 Å². The van der Waals surface area contributed by atoms with Crippen molar-refractivity contribution >= 4 is 50.9 Å². The number of piperidine rings is 1. The number of amides is 1. The van der Waals surface area contributed by atoms with Crippen molar-refractivity contribution in [3.8, 4) is 0 Å². The molecule has 1 aliphatic rings. The summed E-state index contributed by atoms with van der Waals surface area (Å²) in [5.41, 5.74) is 0.886. The van der Waals surface area contributed by atoms with Crippen LogP contribution in [-0.2, 0) is 20.6 Å². The summed E-state index contributed by atoms with van der Waals surface area (Å²) in [5, 5.41) is 4.19. The Morgan fingerprint density at radius 3 is 2.32 bits per heavy atom. The van der Waals surface area contributed by atoms with Crippen LogP contribution in [0.15, 0.2) is 47.4 Å². The second-order valence-electron chi connectivity index (χ2n) is 7.18. The predicted molar refractivity (Wildman–Crippen MR) is 124 cm³/mol. The molecular formula is C21H23Cl2FN2O3S2. The average Bonchev–Trinajstić information content (AvgIpc) is 2.75. The van der Waals surface area contributed by atoms with Crippen LogP contribution < -0.4 is 5.32 Å². The van der Waals surface area contributed by atoms with Crippen molar-refractivity contribution in [2.45, 2.75) is 23.5 Å². The number of hydrogen-bond acceptors (Lipinski definition) is 4. The minimum Gasteiger partial charge on any atom is -0.355 e. The summed E-state index contributed by atoms with van der Waals surface area (Å²) < 4.78 is 39.7. The molecule has 0 unspecified atom stereocenters. The van der Waals surface area contributed by atoms with Crippen LogP contribution in [0.2, 0.25) is 10.0 Å². The quantitative estimate of drug-likeness (QED) is 0.534. The third-order valence-corrected chi connectivity index (χ3v) is 8.74. The third kappa shape index (κ3) is 6.35. The van der Waals surface area contributed by atoms with Gasteiger partial charge in [0.25, 0.3) is 0 Å². The Bertz CT molecular complexity index is 992. The van der Waals surface area contributed by atoms with E-state index in [-0.39, 0.29) is 29.8 Å². The van der Waals surface area contributed by atoms with Crippen LogP contribution in [0, 0.1) is 11.7 Å². The number of thioether (sulfide) groups is 1. The van der Waals surface area contributed by atoms with Gasteiger partial charge in [0.05, 0.1) is 4.90 Å². The molecule has 10 heteroatoms. The van der Waals surface area contributed by atoms with Crippen molar-refractivity contribution in [2.24, 2.45) is 5.92 Å². The lowest BCUT2D eigenvalue weighted by atomic mass is 9.97. The largest absolute Gasteiger partial charge is 0.355 e. The van der Waals surface area contributed by atoms with Gasteiger partial charge >= 0.3 is 0 Å². The van der Waals surface area contributed by atoms with E-state index in [9.17, 15) is 17.6 Å². The van der Waals surface area contributed by atoms with E-state index in [0.717, 1.165) is 17.7 Å². The summed E-state index contributed by atoms with van der Waals surface area (Å²) in [4.78, 5) is 12.5. The molecule has 5 nitrogen and oxygen atoms in total. The molecule has 1 heterocycles. The van der Waals surface area contributed by atoms with E-state index in [1.54, 1.807) is 30.0 Å². The zero-order valence-corrected chi connectivity index (χ0v) is 19.8. The molecule has 168 valence electrons. The van der Waals surface area contributed by atoms with E-state index in [4.69, 9.17) is 23.2 Å². The number of halogens is 3. The minimum absolute atomic E-state index is 0.0600. The number of hydrogen-bond donors (Lipinski definition) is 1. The third-order valence-electron chi connectivity index (χ3n) is 5.13. The molecule has 1 saturated heterocycles. The number of carbonyl (C=O) groups is 1. The number of carbonyl (C=O) groups excluding carboxylic acids is 1. The number of benzene rings is 2. The van der Waals surface area contributed by atoms with E-state index in [0.29, 0.717) is 40.9 Å². The molecule has 0 aliphatic carbocycles. The summed E-state index contributed by atoms with van der Waals surface area (Å²) in [6.07, 6.45) is 0.906. The van der Waals surface area contributed by atoms with Gasteiger partial charge in [0.15, 0.2) is 0 Å². The molecule has 1 N–H and O–H groups in total. The number of nitrogens with one attached hydrogen (secondary N) is 1. The average molecular weight is 505 g/mol. The van der Waals surface area contributed by atoms with Gasteiger partial charge in [-0.25, -0.2) is 12.8 Å². The molecule has 0 bridgehead atoms.